The van der Waals surface area contributed by atoms with Gasteiger partial charge in [0.1, 0.15) is 0 Å². The summed E-state index contributed by atoms with van der Waals surface area (Å²) in [6.07, 6.45) is 0.897. The van der Waals surface area contributed by atoms with Crippen LogP contribution < -0.4 is 5.32 Å². The van der Waals surface area contributed by atoms with Crippen LogP contribution in [-0.2, 0) is 0 Å². The fraction of sp³-hybridized carbons (Fsp3) is 0.462. The molecule has 0 aliphatic rings. The average Bonchev–Trinajstić information content (AvgIpc) is 2.24. The van der Waals surface area contributed by atoms with Gasteiger partial charge in [0.15, 0.2) is 0 Å². The molecule has 1 aromatic rings. The van der Waals surface area contributed by atoms with E-state index in [4.69, 9.17) is 5.26 Å². The maximum Gasteiger partial charge on any atom is 0.0674 e. The molecule has 1 N–H and O–H groups in total. The van der Waals surface area contributed by atoms with E-state index in [1.807, 2.05) is 6.92 Å². The maximum absolute atomic E-state index is 8.84. The molecule has 0 saturated heterocycles. The van der Waals surface area contributed by atoms with Crippen molar-refractivity contribution >= 4 is 5.69 Å². The van der Waals surface area contributed by atoms with E-state index < -0.39 is 0 Å². The van der Waals surface area contributed by atoms with Crippen molar-refractivity contribution in [2.45, 2.75) is 27.2 Å². The molecule has 0 radical (unpaired) electrons. The van der Waals surface area contributed by atoms with Gasteiger partial charge >= 0.3 is 0 Å². The molecule has 1 atom stereocenters. The van der Waals surface area contributed by atoms with E-state index >= 15 is 0 Å². The van der Waals surface area contributed by atoms with Gasteiger partial charge in [0, 0.05) is 12.2 Å². The highest BCUT2D eigenvalue weighted by atomic mass is 14.9. The molecular weight excluding hydrogens is 184 g/mol. The number of hydrogen-bond acceptors (Lipinski definition) is 2. The van der Waals surface area contributed by atoms with Gasteiger partial charge in [-0.2, -0.15) is 5.26 Å². The Morgan fingerprint density at radius 2 is 2.13 bits per heavy atom. The second-order valence-corrected chi connectivity index (χ2v) is 3.93. The molecule has 1 unspecified atom stereocenters. The van der Waals surface area contributed by atoms with Gasteiger partial charge in [-0.1, -0.05) is 19.1 Å². The second kappa shape index (κ2) is 5.41. The summed E-state index contributed by atoms with van der Waals surface area (Å²) >= 11 is 0. The number of nitrogens with one attached hydrogen (secondary N) is 1. The molecule has 1 aromatic carbocycles. The van der Waals surface area contributed by atoms with Crippen molar-refractivity contribution in [2.24, 2.45) is 5.92 Å². The Morgan fingerprint density at radius 3 is 2.73 bits per heavy atom. The minimum absolute atomic E-state index is 0.102. The van der Waals surface area contributed by atoms with Crippen LogP contribution in [-0.4, -0.2) is 6.54 Å². The van der Waals surface area contributed by atoms with Crippen molar-refractivity contribution in [3.8, 4) is 6.07 Å². The zero-order valence-electron chi connectivity index (χ0n) is 9.67. The summed E-state index contributed by atoms with van der Waals surface area (Å²) in [7, 11) is 0. The topological polar surface area (TPSA) is 35.8 Å². The monoisotopic (exact) mass is 202 g/mol. The van der Waals surface area contributed by atoms with Crippen molar-refractivity contribution < 1.29 is 0 Å². The summed E-state index contributed by atoms with van der Waals surface area (Å²) in [4.78, 5) is 0. The van der Waals surface area contributed by atoms with E-state index in [0.29, 0.717) is 0 Å². The molecule has 0 aromatic heterocycles. The maximum atomic E-state index is 8.84. The van der Waals surface area contributed by atoms with Crippen LogP contribution in [0.5, 0.6) is 0 Å². The molecule has 0 spiro atoms. The fourth-order valence-electron chi connectivity index (χ4n) is 1.44. The molecular formula is C13H18N2. The lowest BCUT2D eigenvalue weighted by Gasteiger charge is -2.12. The first-order valence-electron chi connectivity index (χ1n) is 5.38. The first-order valence-corrected chi connectivity index (χ1v) is 5.38. The van der Waals surface area contributed by atoms with Crippen molar-refractivity contribution in [3.63, 3.8) is 0 Å². The number of benzene rings is 1. The smallest absolute Gasteiger partial charge is 0.0674 e. The molecule has 2 heteroatoms. The van der Waals surface area contributed by atoms with E-state index in [1.54, 1.807) is 0 Å². The van der Waals surface area contributed by atoms with Gasteiger partial charge in [-0.05, 0) is 37.5 Å². The van der Waals surface area contributed by atoms with Gasteiger partial charge in [0.05, 0.1) is 12.0 Å². The van der Waals surface area contributed by atoms with Crippen molar-refractivity contribution in [3.05, 3.63) is 29.3 Å². The van der Waals surface area contributed by atoms with Crippen LogP contribution in [0.4, 0.5) is 5.69 Å². The molecule has 0 aliphatic heterocycles. The van der Waals surface area contributed by atoms with E-state index in [1.165, 1.54) is 11.1 Å². The Labute approximate surface area is 91.9 Å². The Morgan fingerprint density at radius 1 is 1.40 bits per heavy atom. The highest BCUT2D eigenvalue weighted by Gasteiger charge is 2.04. The third-order valence-corrected chi connectivity index (χ3v) is 2.61. The number of hydrogen-bond donors (Lipinski definition) is 1. The van der Waals surface area contributed by atoms with E-state index in [9.17, 15) is 0 Å². The molecule has 1 rings (SSSR count). The largest absolute Gasteiger partial charge is 0.384 e. The number of nitrogens with zero attached hydrogens (tertiary/aromatic N) is 1. The van der Waals surface area contributed by atoms with Crippen LogP contribution in [0.15, 0.2) is 18.2 Å². The zero-order chi connectivity index (χ0) is 11.3. The van der Waals surface area contributed by atoms with Crippen LogP contribution in [0, 0.1) is 31.1 Å². The van der Waals surface area contributed by atoms with Gasteiger partial charge < -0.3 is 5.32 Å². The summed E-state index contributed by atoms with van der Waals surface area (Å²) < 4.78 is 0. The predicted octanol–water partition coefficient (Wildman–Crippen LogP) is 3.27. The first kappa shape index (κ1) is 11.6. The molecule has 0 bridgehead atoms. The molecule has 0 saturated carbocycles. The number of nitriles is 1. The van der Waals surface area contributed by atoms with Gasteiger partial charge in [0.25, 0.3) is 0 Å². The summed E-state index contributed by atoms with van der Waals surface area (Å²) in [6, 6.07) is 8.62. The molecule has 15 heavy (non-hydrogen) atoms. The fourth-order valence-corrected chi connectivity index (χ4v) is 1.44. The Balaban J connectivity index is 2.65. The van der Waals surface area contributed by atoms with Crippen LogP contribution in [0.2, 0.25) is 0 Å². The third kappa shape index (κ3) is 3.28. The third-order valence-electron chi connectivity index (χ3n) is 2.61. The van der Waals surface area contributed by atoms with Crippen LogP contribution in [0.25, 0.3) is 0 Å². The molecule has 2 nitrogen and oxygen atoms in total. The molecule has 0 amide bonds. The lowest BCUT2D eigenvalue weighted by molar-refractivity contribution is 0.674. The Bertz CT molecular complexity index is 363. The minimum Gasteiger partial charge on any atom is -0.384 e. The summed E-state index contributed by atoms with van der Waals surface area (Å²) in [5.74, 6) is 0.102. The van der Waals surface area contributed by atoms with Gasteiger partial charge in [0.2, 0.25) is 0 Å². The number of aryl methyl sites for hydroxylation is 2. The zero-order valence-corrected chi connectivity index (χ0v) is 9.67. The minimum atomic E-state index is 0.102. The summed E-state index contributed by atoms with van der Waals surface area (Å²) in [5.41, 5.74) is 3.62. The quantitative estimate of drug-likeness (QED) is 0.813. The lowest BCUT2D eigenvalue weighted by Crippen LogP contribution is -2.12. The van der Waals surface area contributed by atoms with Crippen LogP contribution >= 0.6 is 0 Å². The van der Waals surface area contributed by atoms with E-state index in [2.05, 4.69) is 43.4 Å². The normalized spacial score (nSPS) is 11.9. The van der Waals surface area contributed by atoms with Crippen LogP contribution in [0.3, 0.4) is 0 Å². The predicted molar refractivity (Wildman–Crippen MR) is 63.8 cm³/mol. The summed E-state index contributed by atoms with van der Waals surface area (Å²) in [5, 5.41) is 12.2. The van der Waals surface area contributed by atoms with Gasteiger partial charge in [-0.3, -0.25) is 0 Å². The average molecular weight is 202 g/mol. The summed E-state index contributed by atoms with van der Waals surface area (Å²) in [6.45, 7) is 6.93. The van der Waals surface area contributed by atoms with Gasteiger partial charge in [-0.15, -0.1) is 0 Å². The Kier molecular flexibility index (Phi) is 4.17. The first-order chi connectivity index (χ1) is 7.17. The van der Waals surface area contributed by atoms with E-state index in [-0.39, 0.29) is 5.92 Å². The number of anilines is 1. The Hall–Kier alpha value is -1.49. The van der Waals surface area contributed by atoms with Crippen molar-refractivity contribution in [1.29, 1.82) is 5.26 Å². The molecule has 80 valence electrons. The highest BCUT2D eigenvalue weighted by molar-refractivity contribution is 5.52. The van der Waals surface area contributed by atoms with E-state index in [0.717, 1.165) is 18.7 Å². The SMILES string of the molecule is CCC(C#N)CNc1cc(C)ccc1C. The van der Waals surface area contributed by atoms with Crippen molar-refractivity contribution in [2.75, 3.05) is 11.9 Å². The van der Waals surface area contributed by atoms with Crippen LogP contribution in [0.1, 0.15) is 24.5 Å². The standard InChI is InChI=1S/C13H18N2/c1-4-12(8-14)9-15-13-7-10(2)5-6-11(13)3/h5-7,12,15H,4,9H2,1-3H3. The molecule has 0 fully saturated rings. The second-order valence-electron chi connectivity index (χ2n) is 3.93. The molecule has 0 aliphatic carbocycles. The van der Waals surface area contributed by atoms with Crippen molar-refractivity contribution in [1.82, 2.24) is 0 Å². The number of rotatable bonds is 4. The lowest BCUT2D eigenvalue weighted by atomic mass is 10.1. The molecule has 0 heterocycles. The highest BCUT2D eigenvalue weighted by Crippen LogP contribution is 2.17. The van der Waals surface area contributed by atoms with Gasteiger partial charge in [-0.25, -0.2) is 0 Å².